The number of aryl methyl sites for hydroxylation is 1. The summed E-state index contributed by atoms with van der Waals surface area (Å²) in [5.74, 6) is 0. The van der Waals surface area contributed by atoms with Crippen LogP contribution in [0.5, 0.6) is 0 Å². The molecule has 0 saturated carbocycles. The summed E-state index contributed by atoms with van der Waals surface area (Å²) in [7, 11) is 0. The van der Waals surface area contributed by atoms with E-state index in [0.717, 1.165) is 40.7 Å². The van der Waals surface area contributed by atoms with Gasteiger partial charge < -0.3 is 5.32 Å². The zero-order chi connectivity index (χ0) is 13.7. The highest BCUT2D eigenvalue weighted by atomic mass is 32.1. The van der Waals surface area contributed by atoms with Crippen molar-refractivity contribution in [3.05, 3.63) is 28.9 Å². The summed E-state index contributed by atoms with van der Waals surface area (Å²) in [6.07, 6.45) is 3.95. The van der Waals surface area contributed by atoms with Gasteiger partial charge >= 0.3 is 0 Å². The third kappa shape index (κ3) is 3.36. The normalized spacial score (nSPS) is 12.6. The maximum absolute atomic E-state index is 4.40. The van der Waals surface area contributed by atoms with E-state index >= 15 is 0 Å². The van der Waals surface area contributed by atoms with Crippen LogP contribution in [0.15, 0.2) is 18.3 Å². The summed E-state index contributed by atoms with van der Waals surface area (Å²) in [6.45, 7) is 7.40. The summed E-state index contributed by atoms with van der Waals surface area (Å²) in [4.78, 5) is 4.40. The van der Waals surface area contributed by atoms with Gasteiger partial charge in [-0.15, -0.1) is 10.2 Å². The average molecular weight is 276 g/mol. The molecule has 4 nitrogen and oxygen atoms in total. The highest BCUT2D eigenvalue weighted by molar-refractivity contribution is 7.14. The van der Waals surface area contributed by atoms with Crippen LogP contribution in [-0.2, 0) is 0 Å². The number of nitrogens with zero attached hydrogens (tertiary/aromatic N) is 3. The minimum Gasteiger partial charge on any atom is -0.308 e. The Morgan fingerprint density at radius 3 is 2.84 bits per heavy atom. The monoisotopic (exact) mass is 276 g/mol. The van der Waals surface area contributed by atoms with Gasteiger partial charge in [-0.1, -0.05) is 31.3 Å². The number of pyridine rings is 1. The van der Waals surface area contributed by atoms with Gasteiger partial charge in [0.15, 0.2) is 5.01 Å². The third-order valence-corrected chi connectivity index (χ3v) is 4.04. The van der Waals surface area contributed by atoms with Crippen LogP contribution in [0.3, 0.4) is 0 Å². The molecule has 0 bridgehead atoms. The van der Waals surface area contributed by atoms with E-state index in [1.165, 1.54) is 0 Å². The van der Waals surface area contributed by atoms with Crippen molar-refractivity contribution in [1.82, 2.24) is 20.5 Å². The van der Waals surface area contributed by atoms with Crippen molar-refractivity contribution in [1.29, 1.82) is 0 Å². The lowest BCUT2D eigenvalue weighted by Crippen LogP contribution is -2.21. The number of nitrogens with one attached hydrogen (secondary N) is 1. The standard InChI is InChI=1S/C14H20N4S/c1-4-8-15-11(5-2)13-17-18-14(19-13)12-10(3)7-6-9-16-12/h6-7,9,11,15H,4-5,8H2,1-3H3. The van der Waals surface area contributed by atoms with Gasteiger partial charge in [0.1, 0.15) is 10.7 Å². The van der Waals surface area contributed by atoms with Gasteiger partial charge in [-0.05, 0) is 37.9 Å². The van der Waals surface area contributed by atoms with E-state index in [0.29, 0.717) is 6.04 Å². The fourth-order valence-corrected chi connectivity index (χ4v) is 2.97. The molecule has 0 radical (unpaired) electrons. The first-order valence-electron chi connectivity index (χ1n) is 6.75. The zero-order valence-electron chi connectivity index (χ0n) is 11.7. The van der Waals surface area contributed by atoms with Crippen LogP contribution < -0.4 is 5.32 Å². The molecule has 1 N–H and O–H groups in total. The van der Waals surface area contributed by atoms with Gasteiger partial charge in [0.2, 0.25) is 0 Å². The fourth-order valence-electron chi connectivity index (χ4n) is 1.91. The maximum atomic E-state index is 4.40. The molecule has 0 aliphatic carbocycles. The van der Waals surface area contributed by atoms with Crippen molar-refractivity contribution < 1.29 is 0 Å². The van der Waals surface area contributed by atoms with Gasteiger partial charge in [0, 0.05) is 6.20 Å². The van der Waals surface area contributed by atoms with Crippen molar-refractivity contribution >= 4 is 11.3 Å². The summed E-state index contributed by atoms with van der Waals surface area (Å²) in [5.41, 5.74) is 2.08. The molecule has 0 aromatic carbocycles. The SMILES string of the molecule is CCCNC(CC)c1nnc(-c2ncccc2C)s1. The average Bonchev–Trinajstić information content (AvgIpc) is 2.90. The van der Waals surface area contributed by atoms with E-state index in [-0.39, 0.29) is 0 Å². The first-order valence-corrected chi connectivity index (χ1v) is 7.56. The van der Waals surface area contributed by atoms with Crippen LogP contribution >= 0.6 is 11.3 Å². The Hall–Kier alpha value is -1.33. The van der Waals surface area contributed by atoms with E-state index in [1.54, 1.807) is 17.5 Å². The Bertz CT molecular complexity index is 524. The number of rotatable bonds is 6. The molecule has 5 heteroatoms. The van der Waals surface area contributed by atoms with E-state index in [2.05, 4.69) is 47.3 Å². The van der Waals surface area contributed by atoms with Crippen LogP contribution in [-0.4, -0.2) is 21.7 Å². The summed E-state index contributed by atoms with van der Waals surface area (Å²) >= 11 is 1.64. The van der Waals surface area contributed by atoms with Crippen molar-refractivity contribution in [2.75, 3.05) is 6.54 Å². The number of aromatic nitrogens is 3. The Morgan fingerprint density at radius 2 is 2.16 bits per heavy atom. The molecule has 1 atom stereocenters. The largest absolute Gasteiger partial charge is 0.308 e. The molecule has 2 aromatic rings. The second-order valence-electron chi connectivity index (χ2n) is 4.53. The summed E-state index contributed by atoms with van der Waals surface area (Å²) in [5, 5.41) is 14.1. The second-order valence-corrected chi connectivity index (χ2v) is 5.54. The lowest BCUT2D eigenvalue weighted by Gasteiger charge is -2.12. The minimum atomic E-state index is 0.301. The van der Waals surface area contributed by atoms with E-state index in [1.807, 2.05) is 6.07 Å². The smallest absolute Gasteiger partial charge is 0.166 e. The lowest BCUT2D eigenvalue weighted by atomic mass is 10.2. The molecule has 2 rings (SSSR count). The molecule has 19 heavy (non-hydrogen) atoms. The molecular formula is C14H20N4S. The Labute approximate surface area is 118 Å². The molecule has 1 unspecified atom stereocenters. The van der Waals surface area contributed by atoms with Crippen molar-refractivity contribution in [3.8, 4) is 10.7 Å². The molecule has 0 aliphatic heterocycles. The van der Waals surface area contributed by atoms with Gasteiger partial charge in [-0.3, -0.25) is 4.98 Å². The molecular weight excluding hydrogens is 256 g/mol. The van der Waals surface area contributed by atoms with E-state index in [9.17, 15) is 0 Å². The minimum absolute atomic E-state index is 0.301. The number of hydrogen-bond acceptors (Lipinski definition) is 5. The van der Waals surface area contributed by atoms with Gasteiger partial charge in [0.05, 0.1) is 6.04 Å². The molecule has 0 saturated heterocycles. The summed E-state index contributed by atoms with van der Waals surface area (Å²) < 4.78 is 0. The summed E-state index contributed by atoms with van der Waals surface area (Å²) in [6, 6.07) is 4.30. The first-order chi connectivity index (χ1) is 9.26. The van der Waals surface area contributed by atoms with Gasteiger partial charge in [-0.2, -0.15) is 0 Å². The van der Waals surface area contributed by atoms with Crippen LogP contribution in [0.2, 0.25) is 0 Å². The van der Waals surface area contributed by atoms with Gasteiger partial charge in [-0.25, -0.2) is 0 Å². The quantitative estimate of drug-likeness (QED) is 0.879. The van der Waals surface area contributed by atoms with Gasteiger partial charge in [0.25, 0.3) is 0 Å². The predicted molar refractivity (Wildman–Crippen MR) is 79.2 cm³/mol. The van der Waals surface area contributed by atoms with E-state index < -0.39 is 0 Å². The van der Waals surface area contributed by atoms with E-state index in [4.69, 9.17) is 0 Å². The van der Waals surface area contributed by atoms with Crippen molar-refractivity contribution in [2.45, 2.75) is 39.7 Å². The second kappa shape index (κ2) is 6.73. The zero-order valence-corrected chi connectivity index (χ0v) is 12.5. The fraction of sp³-hybridized carbons (Fsp3) is 0.500. The van der Waals surface area contributed by atoms with Crippen LogP contribution in [0.25, 0.3) is 10.7 Å². The highest BCUT2D eigenvalue weighted by Crippen LogP contribution is 2.28. The molecule has 102 valence electrons. The Morgan fingerprint density at radius 1 is 1.32 bits per heavy atom. The van der Waals surface area contributed by atoms with Crippen molar-refractivity contribution in [2.24, 2.45) is 0 Å². The highest BCUT2D eigenvalue weighted by Gasteiger charge is 2.16. The van der Waals surface area contributed by atoms with Crippen LogP contribution in [0.1, 0.15) is 43.3 Å². The van der Waals surface area contributed by atoms with Crippen molar-refractivity contribution in [3.63, 3.8) is 0 Å². The predicted octanol–water partition coefficient (Wildman–Crippen LogP) is 3.36. The third-order valence-electron chi connectivity index (χ3n) is 3.00. The Balaban J connectivity index is 2.21. The lowest BCUT2D eigenvalue weighted by molar-refractivity contribution is 0.513. The van der Waals surface area contributed by atoms with Crippen LogP contribution in [0.4, 0.5) is 0 Å². The topological polar surface area (TPSA) is 50.7 Å². The number of hydrogen-bond donors (Lipinski definition) is 1. The van der Waals surface area contributed by atoms with Crippen LogP contribution in [0, 0.1) is 6.92 Å². The first kappa shape index (κ1) is 14.1. The molecule has 0 aliphatic rings. The molecule has 0 spiro atoms. The molecule has 0 amide bonds. The molecule has 2 heterocycles. The molecule has 2 aromatic heterocycles. The Kier molecular flexibility index (Phi) is 4.99. The molecule has 0 fully saturated rings. The maximum Gasteiger partial charge on any atom is 0.166 e.